The Bertz CT molecular complexity index is 892. The molecule has 5 nitrogen and oxygen atoms in total. The highest BCUT2D eigenvalue weighted by molar-refractivity contribution is 7.19. The zero-order valence-corrected chi connectivity index (χ0v) is 14.5. The molecular formula is C18H19FN4OS. The van der Waals surface area contributed by atoms with Crippen LogP contribution in [0.2, 0.25) is 0 Å². The molecule has 3 heterocycles. The van der Waals surface area contributed by atoms with Gasteiger partial charge in [-0.2, -0.15) is 0 Å². The fourth-order valence-corrected chi connectivity index (χ4v) is 4.04. The molecule has 0 bridgehead atoms. The molecule has 0 spiro atoms. The summed E-state index contributed by atoms with van der Waals surface area (Å²) in [6.07, 6.45) is 1.69. The molecular weight excluding hydrogens is 339 g/mol. The summed E-state index contributed by atoms with van der Waals surface area (Å²) in [6.45, 7) is 5.03. The topological polar surface area (TPSA) is 63.4 Å². The molecule has 0 atom stereocenters. The van der Waals surface area contributed by atoms with Crippen LogP contribution in [0.25, 0.3) is 10.2 Å². The van der Waals surface area contributed by atoms with Crippen molar-refractivity contribution in [1.29, 1.82) is 0 Å². The van der Waals surface area contributed by atoms with Crippen LogP contribution in [0.4, 0.5) is 10.1 Å². The van der Waals surface area contributed by atoms with Gasteiger partial charge >= 0.3 is 0 Å². The maximum absolute atomic E-state index is 14.0. The van der Waals surface area contributed by atoms with Crippen molar-refractivity contribution < 1.29 is 9.13 Å². The zero-order valence-electron chi connectivity index (χ0n) is 13.7. The molecule has 1 aliphatic heterocycles. The third kappa shape index (κ3) is 3.58. The highest BCUT2D eigenvalue weighted by atomic mass is 32.1. The maximum atomic E-state index is 14.0. The van der Waals surface area contributed by atoms with Crippen LogP contribution < -0.4 is 15.8 Å². The average molecular weight is 358 g/mol. The molecule has 0 amide bonds. The van der Waals surface area contributed by atoms with Crippen LogP contribution in [0, 0.1) is 5.82 Å². The first-order valence-corrected chi connectivity index (χ1v) is 9.04. The van der Waals surface area contributed by atoms with Crippen molar-refractivity contribution in [1.82, 2.24) is 15.2 Å². The van der Waals surface area contributed by atoms with Gasteiger partial charge in [-0.1, -0.05) is 0 Å². The van der Waals surface area contributed by atoms with Crippen LogP contribution in [0.1, 0.15) is 4.88 Å². The van der Waals surface area contributed by atoms with Crippen LogP contribution in [0.15, 0.2) is 36.5 Å². The Balaban J connectivity index is 1.60. The number of nitrogens with one attached hydrogen (secondary N) is 1. The van der Waals surface area contributed by atoms with Crippen LogP contribution >= 0.6 is 11.3 Å². The SMILES string of the molecule is Nc1ccc(Oc2ccnc3cc(CN4CCNCC4)sc23)c(F)c1. The van der Waals surface area contributed by atoms with Gasteiger partial charge in [0.1, 0.15) is 5.75 Å². The van der Waals surface area contributed by atoms with Crippen molar-refractivity contribution in [3.05, 3.63) is 47.2 Å². The third-order valence-electron chi connectivity index (χ3n) is 4.19. The number of benzene rings is 1. The second-order valence-electron chi connectivity index (χ2n) is 6.05. The number of halogens is 1. The number of aromatic nitrogens is 1. The molecule has 7 heteroatoms. The standard InChI is InChI=1S/C18H19FN4OS/c19-14-9-12(20)1-2-16(14)24-17-3-4-22-15-10-13(25-18(15)17)11-23-7-5-21-6-8-23/h1-4,9-10,21H,5-8,11,20H2. The molecule has 1 aliphatic rings. The van der Waals surface area contributed by atoms with E-state index in [9.17, 15) is 4.39 Å². The number of pyridine rings is 1. The first-order chi connectivity index (χ1) is 12.2. The van der Waals surface area contributed by atoms with E-state index in [1.165, 1.54) is 10.9 Å². The molecule has 1 fully saturated rings. The summed E-state index contributed by atoms with van der Waals surface area (Å²) in [5, 5.41) is 3.36. The van der Waals surface area contributed by atoms with E-state index in [0.29, 0.717) is 11.4 Å². The Morgan fingerprint density at radius 3 is 2.84 bits per heavy atom. The number of rotatable bonds is 4. The number of nitrogens with two attached hydrogens (primary N) is 1. The van der Waals surface area contributed by atoms with E-state index in [-0.39, 0.29) is 5.75 Å². The molecule has 0 saturated carbocycles. The monoisotopic (exact) mass is 358 g/mol. The molecule has 0 radical (unpaired) electrons. The number of ether oxygens (including phenoxy) is 1. The largest absolute Gasteiger partial charge is 0.453 e. The number of fused-ring (bicyclic) bond motifs is 1. The van der Waals surface area contributed by atoms with Crippen molar-refractivity contribution >= 4 is 27.2 Å². The molecule has 0 unspecified atom stereocenters. The van der Waals surface area contributed by atoms with Gasteiger partial charge in [0.25, 0.3) is 0 Å². The van der Waals surface area contributed by atoms with Gasteiger partial charge in [-0.25, -0.2) is 4.39 Å². The lowest BCUT2D eigenvalue weighted by Gasteiger charge is -2.26. The second kappa shape index (κ2) is 6.95. The summed E-state index contributed by atoms with van der Waals surface area (Å²) in [5.41, 5.74) is 6.84. The molecule has 3 N–H and O–H groups in total. The highest BCUT2D eigenvalue weighted by Gasteiger charge is 2.15. The Morgan fingerprint density at radius 1 is 1.20 bits per heavy atom. The number of thiophene rings is 1. The number of piperazine rings is 1. The Morgan fingerprint density at radius 2 is 2.04 bits per heavy atom. The number of nitrogen functional groups attached to an aromatic ring is 1. The summed E-state index contributed by atoms with van der Waals surface area (Å²) < 4.78 is 20.8. The third-order valence-corrected chi connectivity index (χ3v) is 5.32. The summed E-state index contributed by atoms with van der Waals surface area (Å²) in [5.74, 6) is 0.312. The number of nitrogens with zero attached hydrogens (tertiary/aromatic N) is 2. The second-order valence-corrected chi connectivity index (χ2v) is 7.19. The van der Waals surface area contributed by atoms with Gasteiger partial charge in [0.05, 0.1) is 10.2 Å². The van der Waals surface area contributed by atoms with Crippen LogP contribution in [-0.4, -0.2) is 36.1 Å². The fraction of sp³-hybridized carbons (Fsp3) is 0.278. The van der Waals surface area contributed by atoms with Crippen LogP contribution in [-0.2, 0) is 6.54 Å². The number of hydrogen-bond acceptors (Lipinski definition) is 6. The molecule has 2 aromatic heterocycles. The van der Waals surface area contributed by atoms with Crippen molar-refractivity contribution in [3.8, 4) is 11.5 Å². The first kappa shape index (κ1) is 16.3. The van der Waals surface area contributed by atoms with Gasteiger partial charge in [0.2, 0.25) is 0 Å². The fourth-order valence-electron chi connectivity index (χ4n) is 2.93. The molecule has 0 aliphatic carbocycles. The highest BCUT2D eigenvalue weighted by Crippen LogP contribution is 2.36. The van der Waals surface area contributed by atoms with E-state index in [4.69, 9.17) is 10.5 Å². The smallest absolute Gasteiger partial charge is 0.167 e. The molecule has 3 aromatic rings. The maximum Gasteiger partial charge on any atom is 0.167 e. The number of hydrogen-bond donors (Lipinski definition) is 2. The van der Waals surface area contributed by atoms with Crippen molar-refractivity contribution in [3.63, 3.8) is 0 Å². The van der Waals surface area contributed by atoms with E-state index in [1.807, 2.05) is 0 Å². The van der Waals surface area contributed by atoms with Gasteiger partial charge in [0.15, 0.2) is 11.6 Å². The van der Waals surface area contributed by atoms with Gasteiger partial charge in [-0.3, -0.25) is 9.88 Å². The summed E-state index contributed by atoms with van der Waals surface area (Å²) in [4.78, 5) is 8.07. The van der Waals surface area contributed by atoms with Gasteiger partial charge in [0, 0.05) is 61.6 Å². The van der Waals surface area contributed by atoms with Crippen molar-refractivity contribution in [2.45, 2.75) is 6.54 Å². The lowest BCUT2D eigenvalue weighted by atomic mass is 10.3. The van der Waals surface area contributed by atoms with Crippen molar-refractivity contribution in [2.24, 2.45) is 0 Å². The lowest BCUT2D eigenvalue weighted by Crippen LogP contribution is -2.42. The normalized spacial score (nSPS) is 15.6. The van der Waals surface area contributed by atoms with Crippen molar-refractivity contribution in [2.75, 3.05) is 31.9 Å². The van der Waals surface area contributed by atoms with Gasteiger partial charge < -0.3 is 15.8 Å². The van der Waals surface area contributed by atoms with Gasteiger partial charge in [-0.05, 0) is 18.2 Å². The molecule has 130 valence electrons. The Hall–Kier alpha value is -2.22. The minimum Gasteiger partial charge on any atom is -0.453 e. The van der Waals surface area contributed by atoms with Gasteiger partial charge in [-0.15, -0.1) is 11.3 Å². The first-order valence-electron chi connectivity index (χ1n) is 8.22. The van der Waals surface area contributed by atoms with E-state index >= 15 is 0 Å². The van der Waals surface area contributed by atoms with Crippen LogP contribution in [0.3, 0.4) is 0 Å². The minimum atomic E-state index is -0.470. The average Bonchev–Trinajstić information content (AvgIpc) is 3.01. The predicted molar refractivity (Wildman–Crippen MR) is 98.7 cm³/mol. The zero-order chi connectivity index (χ0) is 17.2. The van der Waals surface area contributed by atoms with E-state index in [2.05, 4.69) is 21.3 Å². The Kier molecular flexibility index (Phi) is 4.52. The summed E-state index contributed by atoms with van der Waals surface area (Å²) in [6, 6.07) is 8.29. The molecule has 1 saturated heterocycles. The molecule has 25 heavy (non-hydrogen) atoms. The van der Waals surface area contributed by atoms with E-state index < -0.39 is 5.82 Å². The lowest BCUT2D eigenvalue weighted by molar-refractivity contribution is 0.235. The molecule has 1 aromatic carbocycles. The van der Waals surface area contributed by atoms with E-state index in [0.717, 1.165) is 42.9 Å². The Labute approximate surface area is 149 Å². The summed E-state index contributed by atoms with van der Waals surface area (Å²) >= 11 is 1.65. The molecule has 4 rings (SSSR count). The number of anilines is 1. The van der Waals surface area contributed by atoms with Crippen LogP contribution in [0.5, 0.6) is 11.5 Å². The van der Waals surface area contributed by atoms with E-state index in [1.54, 1.807) is 35.7 Å². The quantitative estimate of drug-likeness (QED) is 0.701. The minimum absolute atomic E-state index is 0.166. The predicted octanol–water partition coefficient (Wildman–Crippen LogP) is 3.22. The summed E-state index contributed by atoms with van der Waals surface area (Å²) in [7, 11) is 0.